The SMILES string of the molecule is CNc1nc(-c2c(F)ccc([N+](=O)[O-])c2F)no1. The van der Waals surface area contributed by atoms with Gasteiger partial charge in [0.15, 0.2) is 0 Å². The highest BCUT2D eigenvalue weighted by Gasteiger charge is 2.25. The van der Waals surface area contributed by atoms with Gasteiger partial charge in [0.05, 0.1) is 4.92 Å². The molecule has 1 heterocycles. The Morgan fingerprint density at radius 3 is 2.72 bits per heavy atom. The first-order chi connectivity index (χ1) is 8.54. The van der Waals surface area contributed by atoms with Crippen molar-refractivity contribution in [3.63, 3.8) is 0 Å². The van der Waals surface area contributed by atoms with E-state index in [9.17, 15) is 18.9 Å². The standard InChI is InChI=1S/C9H6F2N4O3/c1-12-9-13-8(14-18-9)6-4(10)2-3-5(7(6)11)15(16)17/h2-3H,1H3,(H,12,13,14). The molecule has 2 rings (SSSR count). The monoisotopic (exact) mass is 256 g/mol. The molecule has 0 bridgehead atoms. The van der Waals surface area contributed by atoms with Crippen LogP contribution in [0.2, 0.25) is 0 Å². The van der Waals surface area contributed by atoms with Crippen LogP contribution < -0.4 is 5.32 Å². The Morgan fingerprint density at radius 1 is 1.44 bits per heavy atom. The Kier molecular flexibility index (Phi) is 2.88. The lowest BCUT2D eigenvalue weighted by Crippen LogP contribution is -1.98. The van der Waals surface area contributed by atoms with E-state index in [2.05, 4.69) is 20.0 Å². The van der Waals surface area contributed by atoms with Crippen LogP contribution >= 0.6 is 0 Å². The lowest BCUT2D eigenvalue weighted by atomic mass is 10.1. The molecule has 94 valence electrons. The van der Waals surface area contributed by atoms with Crippen molar-refractivity contribution in [3.8, 4) is 11.4 Å². The number of anilines is 1. The molecule has 0 saturated heterocycles. The maximum absolute atomic E-state index is 13.8. The van der Waals surface area contributed by atoms with Gasteiger partial charge in [0.2, 0.25) is 11.6 Å². The fourth-order valence-electron chi connectivity index (χ4n) is 1.31. The van der Waals surface area contributed by atoms with Gasteiger partial charge in [0.25, 0.3) is 0 Å². The number of benzene rings is 1. The van der Waals surface area contributed by atoms with Crippen LogP contribution in [0.25, 0.3) is 11.4 Å². The summed E-state index contributed by atoms with van der Waals surface area (Å²) >= 11 is 0. The first kappa shape index (κ1) is 11.9. The molecular weight excluding hydrogens is 250 g/mol. The molecule has 9 heteroatoms. The number of nitrogens with one attached hydrogen (secondary N) is 1. The maximum Gasteiger partial charge on any atom is 0.321 e. The van der Waals surface area contributed by atoms with Crippen LogP contribution in [0.3, 0.4) is 0 Å². The van der Waals surface area contributed by atoms with Crippen molar-refractivity contribution >= 4 is 11.7 Å². The third kappa shape index (κ3) is 1.85. The summed E-state index contributed by atoms with van der Waals surface area (Å²) in [5, 5.41) is 16.3. The topological polar surface area (TPSA) is 94.1 Å². The van der Waals surface area contributed by atoms with Crippen LogP contribution in [0.1, 0.15) is 0 Å². The Balaban J connectivity index is 2.62. The molecule has 0 aliphatic heterocycles. The molecule has 0 saturated carbocycles. The summed E-state index contributed by atoms with van der Waals surface area (Å²) in [5.41, 5.74) is -1.56. The number of nitro benzene ring substituents is 1. The van der Waals surface area contributed by atoms with Gasteiger partial charge in [-0.2, -0.15) is 9.37 Å². The minimum atomic E-state index is -1.34. The van der Waals surface area contributed by atoms with E-state index in [1.165, 1.54) is 7.05 Å². The van der Waals surface area contributed by atoms with Crippen molar-refractivity contribution in [2.75, 3.05) is 12.4 Å². The van der Waals surface area contributed by atoms with E-state index < -0.39 is 33.6 Å². The number of hydrogen-bond donors (Lipinski definition) is 1. The van der Waals surface area contributed by atoms with Gasteiger partial charge in [-0.1, -0.05) is 5.16 Å². The third-order valence-corrected chi connectivity index (χ3v) is 2.13. The number of nitrogens with zero attached hydrogens (tertiary/aromatic N) is 3. The predicted molar refractivity (Wildman–Crippen MR) is 55.9 cm³/mol. The minimum Gasteiger partial charge on any atom is -0.341 e. The molecule has 0 aliphatic carbocycles. The van der Waals surface area contributed by atoms with Gasteiger partial charge in [0.1, 0.15) is 11.4 Å². The molecule has 0 amide bonds. The predicted octanol–water partition coefficient (Wildman–Crippen LogP) is 1.96. The zero-order valence-electron chi connectivity index (χ0n) is 8.98. The molecule has 7 nitrogen and oxygen atoms in total. The molecular formula is C9H6F2N4O3. The van der Waals surface area contributed by atoms with Gasteiger partial charge in [-0.15, -0.1) is 0 Å². The highest BCUT2D eigenvalue weighted by Crippen LogP contribution is 2.30. The number of hydrogen-bond acceptors (Lipinski definition) is 6. The zero-order valence-corrected chi connectivity index (χ0v) is 8.98. The highest BCUT2D eigenvalue weighted by molar-refractivity contribution is 5.61. The van der Waals surface area contributed by atoms with Crippen LogP contribution in [0.5, 0.6) is 0 Å². The summed E-state index contributed by atoms with van der Waals surface area (Å²) < 4.78 is 31.9. The van der Waals surface area contributed by atoms with Crippen molar-refractivity contribution in [2.24, 2.45) is 0 Å². The Bertz CT molecular complexity index is 614. The molecule has 1 aromatic heterocycles. The van der Waals surface area contributed by atoms with Crippen LogP contribution in [0.15, 0.2) is 16.7 Å². The lowest BCUT2D eigenvalue weighted by molar-refractivity contribution is -0.387. The number of aromatic nitrogens is 2. The molecule has 1 N–H and O–H groups in total. The van der Waals surface area contributed by atoms with Gasteiger partial charge >= 0.3 is 11.7 Å². The average molecular weight is 256 g/mol. The normalized spacial score (nSPS) is 10.4. The first-order valence-corrected chi connectivity index (χ1v) is 4.68. The largest absolute Gasteiger partial charge is 0.341 e. The summed E-state index contributed by atoms with van der Waals surface area (Å²) in [4.78, 5) is 13.2. The van der Waals surface area contributed by atoms with E-state index >= 15 is 0 Å². The lowest BCUT2D eigenvalue weighted by Gasteiger charge is -2.00. The van der Waals surface area contributed by atoms with E-state index in [-0.39, 0.29) is 6.01 Å². The molecule has 0 aliphatic rings. The maximum atomic E-state index is 13.8. The fraction of sp³-hybridized carbons (Fsp3) is 0.111. The van der Waals surface area contributed by atoms with Gasteiger partial charge < -0.3 is 9.84 Å². The van der Waals surface area contributed by atoms with E-state index in [1.807, 2.05) is 0 Å². The van der Waals surface area contributed by atoms with Gasteiger partial charge in [0, 0.05) is 13.1 Å². The molecule has 0 radical (unpaired) electrons. The quantitative estimate of drug-likeness (QED) is 0.666. The van der Waals surface area contributed by atoms with Crippen molar-refractivity contribution in [1.29, 1.82) is 0 Å². The Morgan fingerprint density at radius 2 is 2.17 bits per heavy atom. The fourth-order valence-corrected chi connectivity index (χ4v) is 1.31. The van der Waals surface area contributed by atoms with Gasteiger partial charge in [-0.05, 0) is 6.07 Å². The summed E-state index contributed by atoms with van der Waals surface area (Å²) in [7, 11) is 1.47. The molecule has 0 fully saturated rings. The van der Waals surface area contributed by atoms with Crippen molar-refractivity contribution < 1.29 is 18.2 Å². The van der Waals surface area contributed by atoms with Crippen LogP contribution in [0.4, 0.5) is 20.5 Å². The number of halogens is 2. The molecule has 0 atom stereocenters. The van der Waals surface area contributed by atoms with E-state index in [0.29, 0.717) is 0 Å². The second kappa shape index (κ2) is 4.35. The summed E-state index contributed by atoms with van der Waals surface area (Å²) in [5.74, 6) is -2.76. The Hall–Kier alpha value is -2.58. The van der Waals surface area contributed by atoms with Crippen molar-refractivity contribution in [3.05, 3.63) is 33.9 Å². The summed E-state index contributed by atoms with van der Waals surface area (Å²) in [6, 6.07) is 1.44. The zero-order chi connectivity index (χ0) is 13.3. The smallest absolute Gasteiger partial charge is 0.321 e. The Labute approximate surface area is 98.6 Å². The summed E-state index contributed by atoms with van der Waals surface area (Å²) in [6.07, 6.45) is 0. The second-order valence-electron chi connectivity index (χ2n) is 3.19. The number of nitro groups is 1. The van der Waals surface area contributed by atoms with E-state index in [4.69, 9.17) is 0 Å². The van der Waals surface area contributed by atoms with Crippen LogP contribution in [0, 0.1) is 21.7 Å². The van der Waals surface area contributed by atoms with Crippen LogP contribution in [-0.4, -0.2) is 22.1 Å². The van der Waals surface area contributed by atoms with Crippen molar-refractivity contribution in [1.82, 2.24) is 10.1 Å². The van der Waals surface area contributed by atoms with E-state index in [1.54, 1.807) is 0 Å². The van der Waals surface area contributed by atoms with Crippen LogP contribution in [-0.2, 0) is 0 Å². The number of rotatable bonds is 3. The minimum absolute atomic E-state index is 0.0599. The van der Waals surface area contributed by atoms with Crippen molar-refractivity contribution in [2.45, 2.75) is 0 Å². The second-order valence-corrected chi connectivity index (χ2v) is 3.19. The van der Waals surface area contributed by atoms with Gasteiger partial charge in [-0.25, -0.2) is 4.39 Å². The third-order valence-electron chi connectivity index (χ3n) is 2.13. The average Bonchev–Trinajstić information content (AvgIpc) is 2.77. The summed E-state index contributed by atoms with van der Waals surface area (Å²) in [6.45, 7) is 0. The van der Waals surface area contributed by atoms with Gasteiger partial charge in [-0.3, -0.25) is 10.1 Å². The molecule has 2 aromatic rings. The van der Waals surface area contributed by atoms with E-state index in [0.717, 1.165) is 12.1 Å². The molecule has 0 unspecified atom stereocenters. The first-order valence-electron chi connectivity index (χ1n) is 4.68. The molecule has 0 spiro atoms. The molecule has 18 heavy (non-hydrogen) atoms. The molecule has 1 aromatic carbocycles. The highest BCUT2D eigenvalue weighted by atomic mass is 19.1.